The van der Waals surface area contributed by atoms with Crippen molar-refractivity contribution in [2.45, 2.75) is 11.5 Å². The third-order valence-corrected chi connectivity index (χ3v) is 4.92. The summed E-state index contributed by atoms with van der Waals surface area (Å²) >= 11 is 5.93. The minimum absolute atomic E-state index is 0.0812. The molecule has 0 radical (unpaired) electrons. The van der Waals surface area contributed by atoms with E-state index in [2.05, 4.69) is 6.58 Å². The van der Waals surface area contributed by atoms with Gasteiger partial charge in [0.15, 0.2) is 0 Å². The lowest BCUT2D eigenvalue weighted by Crippen LogP contribution is -2.34. The fourth-order valence-corrected chi connectivity index (χ4v) is 3.34. The van der Waals surface area contributed by atoms with Crippen LogP contribution in [0.5, 0.6) is 0 Å². The molecule has 0 aliphatic heterocycles. The smallest absolute Gasteiger partial charge is 0.243 e. The molecule has 0 aromatic heterocycles. The topological polar surface area (TPSA) is 66.8 Å². The highest BCUT2D eigenvalue weighted by Crippen LogP contribution is 2.23. The third-order valence-electron chi connectivity index (χ3n) is 2.71. The van der Waals surface area contributed by atoms with Crippen molar-refractivity contribution in [2.24, 2.45) is 0 Å². The lowest BCUT2D eigenvalue weighted by molar-refractivity contribution is 0.182. The Hall–Kier alpha value is -0.920. The summed E-state index contributed by atoms with van der Waals surface area (Å²) in [7, 11) is -2.16. The van der Waals surface area contributed by atoms with Crippen LogP contribution in [0, 0.1) is 0 Å². The van der Waals surface area contributed by atoms with Crippen molar-refractivity contribution in [2.75, 3.05) is 26.8 Å². The van der Waals surface area contributed by atoms with Gasteiger partial charge in [0.1, 0.15) is 0 Å². The molecule has 7 heteroatoms. The summed E-state index contributed by atoms with van der Waals surface area (Å²) in [6.07, 6.45) is 1.51. The Balaban J connectivity index is 3.11. The zero-order valence-corrected chi connectivity index (χ0v) is 12.8. The third kappa shape index (κ3) is 4.04. The molecular weight excluding hydrogens is 302 g/mol. The van der Waals surface area contributed by atoms with E-state index in [4.69, 9.17) is 21.4 Å². The van der Waals surface area contributed by atoms with Crippen LogP contribution in [0.4, 0.5) is 0 Å². The van der Waals surface area contributed by atoms with E-state index >= 15 is 0 Å². The minimum Gasteiger partial charge on any atom is -0.392 e. The fraction of sp³-hybridized carbons (Fsp3) is 0.385. The fourth-order valence-electron chi connectivity index (χ4n) is 1.61. The Bertz CT molecular complexity index is 559. The van der Waals surface area contributed by atoms with Gasteiger partial charge in [-0.25, -0.2) is 8.42 Å². The average Bonchev–Trinajstić information content (AvgIpc) is 2.43. The minimum atomic E-state index is -3.67. The second-order valence-electron chi connectivity index (χ2n) is 4.06. The average molecular weight is 320 g/mol. The van der Waals surface area contributed by atoms with Gasteiger partial charge >= 0.3 is 0 Å². The first kappa shape index (κ1) is 17.1. The van der Waals surface area contributed by atoms with Gasteiger partial charge in [-0.2, -0.15) is 4.31 Å². The zero-order valence-electron chi connectivity index (χ0n) is 11.3. The van der Waals surface area contributed by atoms with E-state index < -0.39 is 10.0 Å². The molecule has 0 atom stereocenters. The molecule has 20 heavy (non-hydrogen) atoms. The molecule has 0 heterocycles. The van der Waals surface area contributed by atoms with Gasteiger partial charge in [-0.05, 0) is 17.7 Å². The van der Waals surface area contributed by atoms with Gasteiger partial charge in [0.2, 0.25) is 10.0 Å². The highest BCUT2D eigenvalue weighted by Gasteiger charge is 2.23. The Labute approximate surface area is 124 Å². The summed E-state index contributed by atoms with van der Waals surface area (Å²) in [5, 5.41) is 9.27. The number of ether oxygens (including phenoxy) is 1. The standard InChI is InChI=1S/C13H18ClNO4S/c1-3-6-15(7-8-19-2)20(17,18)12-5-4-11(10-16)13(14)9-12/h3-5,9,16H,1,6-8,10H2,2H3. The molecule has 0 amide bonds. The van der Waals surface area contributed by atoms with Crippen molar-refractivity contribution in [3.05, 3.63) is 41.4 Å². The molecule has 0 fully saturated rings. The molecule has 112 valence electrons. The van der Waals surface area contributed by atoms with E-state index in [0.29, 0.717) is 5.56 Å². The van der Waals surface area contributed by atoms with Crippen LogP contribution in [0.15, 0.2) is 35.7 Å². The lowest BCUT2D eigenvalue weighted by atomic mass is 10.2. The first-order chi connectivity index (χ1) is 9.47. The molecule has 0 saturated carbocycles. The molecule has 0 saturated heterocycles. The summed E-state index contributed by atoms with van der Waals surface area (Å²) in [5.74, 6) is 0. The molecule has 1 rings (SSSR count). The van der Waals surface area contributed by atoms with Crippen LogP contribution >= 0.6 is 11.6 Å². The van der Waals surface area contributed by atoms with E-state index in [-0.39, 0.29) is 36.2 Å². The first-order valence-electron chi connectivity index (χ1n) is 5.96. The largest absolute Gasteiger partial charge is 0.392 e. The van der Waals surface area contributed by atoms with E-state index in [0.717, 1.165) is 0 Å². The normalized spacial score (nSPS) is 11.8. The van der Waals surface area contributed by atoms with Crippen LogP contribution in [0.2, 0.25) is 5.02 Å². The molecule has 1 N–H and O–H groups in total. The van der Waals surface area contributed by atoms with Gasteiger partial charge in [0.25, 0.3) is 0 Å². The maximum absolute atomic E-state index is 12.5. The van der Waals surface area contributed by atoms with E-state index in [1.165, 1.54) is 35.7 Å². The number of hydrogen-bond acceptors (Lipinski definition) is 4. The molecule has 5 nitrogen and oxygen atoms in total. The number of nitrogens with zero attached hydrogens (tertiary/aromatic N) is 1. The monoisotopic (exact) mass is 319 g/mol. The molecule has 1 aromatic rings. The summed E-state index contributed by atoms with van der Waals surface area (Å²) in [6.45, 7) is 4.02. The molecule has 0 aliphatic carbocycles. The summed E-state index contributed by atoms with van der Waals surface area (Å²) in [6, 6.07) is 4.26. The summed E-state index contributed by atoms with van der Waals surface area (Å²) < 4.78 is 31.1. The van der Waals surface area contributed by atoms with Crippen LogP contribution in [0.25, 0.3) is 0 Å². The van der Waals surface area contributed by atoms with Crippen molar-refractivity contribution < 1.29 is 18.3 Å². The van der Waals surface area contributed by atoms with Crippen LogP contribution in [-0.2, 0) is 21.4 Å². The van der Waals surface area contributed by atoms with Crippen LogP contribution in [0.3, 0.4) is 0 Å². The van der Waals surface area contributed by atoms with Gasteiger partial charge in [-0.15, -0.1) is 6.58 Å². The van der Waals surface area contributed by atoms with Crippen molar-refractivity contribution in [3.63, 3.8) is 0 Å². The highest BCUT2D eigenvalue weighted by atomic mass is 35.5. The predicted octanol–water partition coefficient (Wildman–Crippen LogP) is 1.66. The number of aliphatic hydroxyl groups excluding tert-OH is 1. The van der Waals surface area contributed by atoms with Gasteiger partial charge in [-0.1, -0.05) is 23.7 Å². The number of methoxy groups -OCH3 is 1. The highest BCUT2D eigenvalue weighted by molar-refractivity contribution is 7.89. The maximum Gasteiger partial charge on any atom is 0.243 e. The Morgan fingerprint density at radius 2 is 2.20 bits per heavy atom. The van der Waals surface area contributed by atoms with Crippen molar-refractivity contribution in [1.29, 1.82) is 0 Å². The first-order valence-corrected chi connectivity index (χ1v) is 7.78. The molecule has 1 aromatic carbocycles. The van der Waals surface area contributed by atoms with Crippen LogP contribution < -0.4 is 0 Å². The molecule has 0 bridgehead atoms. The Morgan fingerprint density at radius 1 is 1.50 bits per heavy atom. The zero-order chi connectivity index (χ0) is 15.2. The molecule has 0 spiro atoms. The van der Waals surface area contributed by atoms with Crippen LogP contribution in [0.1, 0.15) is 5.56 Å². The molecular formula is C13H18ClNO4S. The number of sulfonamides is 1. The van der Waals surface area contributed by atoms with Gasteiger partial charge in [-0.3, -0.25) is 0 Å². The Morgan fingerprint density at radius 3 is 2.70 bits per heavy atom. The molecule has 0 aliphatic rings. The van der Waals surface area contributed by atoms with Gasteiger partial charge < -0.3 is 9.84 Å². The number of rotatable bonds is 8. The maximum atomic E-state index is 12.5. The van der Waals surface area contributed by atoms with Crippen molar-refractivity contribution in [3.8, 4) is 0 Å². The van der Waals surface area contributed by atoms with E-state index in [9.17, 15) is 8.42 Å². The van der Waals surface area contributed by atoms with E-state index in [1.54, 1.807) is 0 Å². The number of aliphatic hydroxyl groups is 1. The summed E-state index contributed by atoms with van der Waals surface area (Å²) in [5.41, 5.74) is 0.484. The predicted molar refractivity (Wildman–Crippen MR) is 78.2 cm³/mol. The van der Waals surface area contributed by atoms with Gasteiger partial charge in [0, 0.05) is 25.2 Å². The second-order valence-corrected chi connectivity index (χ2v) is 6.40. The number of halogens is 1. The number of benzene rings is 1. The van der Waals surface area contributed by atoms with Crippen molar-refractivity contribution in [1.82, 2.24) is 4.31 Å². The molecule has 0 unspecified atom stereocenters. The summed E-state index contributed by atoms with van der Waals surface area (Å²) in [4.78, 5) is 0.0812. The van der Waals surface area contributed by atoms with Crippen molar-refractivity contribution >= 4 is 21.6 Å². The Kier molecular flexibility index (Phi) is 6.64. The second kappa shape index (κ2) is 7.75. The van der Waals surface area contributed by atoms with Gasteiger partial charge in [0.05, 0.1) is 18.1 Å². The SMILES string of the molecule is C=CCN(CCOC)S(=O)(=O)c1ccc(CO)c(Cl)c1. The number of hydrogen-bond donors (Lipinski definition) is 1. The quantitative estimate of drug-likeness (QED) is 0.740. The van der Waals surface area contributed by atoms with E-state index in [1.807, 2.05) is 0 Å². The lowest BCUT2D eigenvalue weighted by Gasteiger charge is -2.20. The van der Waals surface area contributed by atoms with Crippen LogP contribution in [-0.4, -0.2) is 44.6 Å².